The first-order valence-corrected chi connectivity index (χ1v) is 9.79. The minimum atomic E-state index is -0.281. The Bertz CT molecular complexity index is 979. The van der Waals surface area contributed by atoms with Gasteiger partial charge in [-0.1, -0.05) is 6.07 Å². The summed E-state index contributed by atoms with van der Waals surface area (Å²) in [5.74, 6) is 1.39. The second-order valence-electron chi connectivity index (χ2n) is 6.30. The lowest BCUT2D eigenvalue weighted by Gasteiger charge is -2.18. The van der Waals surface area contributed by atoms with Gasteiger partial charge in [0.05, 0.1) is 38.8 Å². The van der Waals surface area contributed by atoms with Gasteiger partial charge in [0.15, 0.2) is 11.5 Å². The van der Waals surface area contributed by atoms with Crippen LogP contribution < -0.4 is 19.5 Å². The average molecular weight is 413 g/mol. The molecule has 1 unspecified atom stereocenters. The highest BCUT2D eigenvalue weighted by molar-refractivity contribution is 7.17. The van der Waals surface area contributed by atoms with Crippen molar-refractivity contribution in [3.8, 4) is 28.0 Å². The summed E-state index contributed by atoms with van der Waals surface area (Å²) in [6, 6.07) is 8.98. The number of benzene rings is 1. The zero-order valence-corrected chi connectivity index (χ0v) is 17.8. The number of amides is 1. The van der Waals surface area contributed by atoms with Crippen molar-refractivity contribution in [2.24, 2.45) is 0 Å². The molecule has 0 aliphatic heterocycles. The maximum atomic E-state index is 12.9. The Kier molecular flexibility index (Phi) is 6.33. The molecule has 2 aromatic heterocycles. The molecular weight excluding hydrogens is 390 g/mol. The van der Waals surface area contributed by atoms with E-state index in [2.05, 4.69) is 15.3 Å². The van der Waals surface area contributed by atoms with E-state index in [0.717, 1.165) is 11.3 Å². The maximum Gasteiger partial charge on any atom is 0.263 e. The van der Waals surface area contributed by atoms with E-state index in [-0.39, 0.29) is 11.9 Å². The minimum absolute atomic E-state index is 0.191. The van der Waals surface area contributed by atoms with Crippen LogP contribution in [-0.4, -0.2) is 37.2 Å². The predicted molar refractivity (Wildman–Crippen MR) is 112 cm³/mol. The molecule has 152 valence electrons. The van der Waals surface area contributed by atoms with Crippen molar-refractivity contribution in [2.75, 3.05) is 21.3 Å². The SMILES string of the molecule is COc1cc(C(C)NC(=O)c2sc(-c3ccccn3)nc2C)cc(OC)c1OC. The molecule has 0 fully saturated rings. The first kappa shape index (κ1) is 20.6. The van der Waals surface area contributed by atoms with Crippen LogP contribution in [0.2, 0.25) is 0 Å². The van der Waals surface area contributed by atoms with Crippen molar-refractivity contribution in [2.45, 2.75) is 19.9 Å². The molecule has 8 heteroatoms. The van der Waals surface area contributed by atoms with Crippen molar-refractivity contribution in [3.05, 3.63) is 52.7 Å². The van der Waals surface area contributed by atoms with Crippen molar-refractivity contribution in [3.63, 3.8) is 0 Å². The van der Waals surface area contributed by atoms with E-state index in [1.54, 1.807) is 27.5 Å². The fourth-order valence-electron chi connectivity index (χ4n) is 2.90. The molecule has 0 bridgehead atoms. The van der Waals surface area contributed by atoms with E-state index in [1.165, 1.54) is 11.3 Å². The summed E-state index contributed by atoms with van der Waals surface area (Å²) in [5, 5.41) is 3.73. The minimum Gasteiger partial charge on any atom is -0.493 e. The summed E-state index contributed by atoms with van der Waals surface area (Å²) in [4.78, 5) is 22.2. The van der Waals surface area contributed by atoms with Gasteiger partial charge in [-0.2, -0.15) is 0 Å². The van der Waals surface area contributed by atoms with Gasteiger partial charge in [0, 0.05) is 6.20 Å². The Morgan fingerprint density at radius 3 is 2.34 bits per heavy atom. The van der Waals surface area contributed by atoms with E-state index in [4.69, 9.17) is 14.2 Å². The first-order valence-electron chi connectivity index (χ1n) is 8.98. The third-order valence-corrected chi connectivity index (χ3v) is 5.60. The van der Waals surface area contributed by atoms with Crippen LogP contribution in [0.3, 0.4) is 0 Å². The number of pyridine rings is 1. The number of ether oxygens (including phenoxy) is 3. The van der Waals surface area contributed by atoms with E-state index in [1.807, 2.05) is 44.2 Å². The van der Waals surface area contributed by atoms with Crippen LogP contribution in [0.15, 0.2) is 36.5 Å². The first-order chi connectivity index (χ1) is 14.0. The number of hydrogen-bond acceptors (Lipinski definition) is 7. The van der Waals surface area contributed by atoms with Crippen LogP contribution in [0.5, 0.6) is 17.2 Å². The van der Waals surface area contributed by atoms with Gasteiger partial charge in [-0.05, 0) is 43.7 Å². The van der Waals surface area contributed by atoms with Gasteiger partial charge in [-0.3, -0.25) is 9.78 Å². The number of carbonyl (C=O) groups is 1. The molecule has 2 heterocycles. The number of rotatable bonds is 7. The standard InChI is InChI=1S/C21H23N3O4S/c1-12(14-10-16(26-3)18(28-5)17(11-14)27-4)23-20(25)19-13(2)24-21(29-19)15-8-6-7-9-22-15/h6-12H,1-5H3,(H,23,25). The van der Waals surface area contributed by atoms with Crippen LogP contribution in [0.25, 0.3) is 10.7 Å². The number of hydrogen-bond donors (Lipinski definition) is 1. The molecule has 0 aliphatic carbocycles. The number of nitrogens with one attached hydrogen (secondary N) is 1. The summed E-state index contributed by atoms with van der Waals surface area (Å²) in [5.41, 5.74) is 2.25. The normalized spacial score (nSPS) is 11.6. The number of aryl methyl sites for hydroxylation is 1. The Labute approximate surface area is 173 Å². The van der Waals surface area contributed by atoms with Crippen molar-refractivity contribution >= 4 is 17.2 Å². The Morgan fingerprint density at radius 1 is 1.10 bits per heavy atom. The molecule has 0 aliphatic rings. The maximum absolute atomic E-state index is 12.9. The van der Waals surface area contributed by atoms with E-state index in [9.17, 15) is 4.79 Å². The highest BCUT2D eigenvalue weighted by Gasteiger charge is 2.21. The number of nitrogens with zero attached hydrogens (tertiary/aromatic N) is 2. The summed E-state index contributed by atoms with van der Waals surface area (Å²) < 4.78 is 16.2. The molecule has 3 rings (SSSR count). The number of aromatic nitrogens is 2. The molecule has 0 radical (unpaired) electrons. The van der Waals surface area contributed by atoms with Gasteiger partial charge in [0.25, 0.3) is 5.91 Å². The molecule has 0 saturated heterocycles. The van der Waals surface area contributed by atoms with Gasteiger partial charge in [-0.15, -0.1) is 11.3 Å². The number of methoxy groups -OCH3 is 3. The summed E-state index contributed by atoms with van der Waals surface area (Å²) in [7, 11) is 4.67. The van der Waals surface area contributed by atoms with Crippen LogP contribution in [0.1, 0.15) is 33.9 Å². The highest BCUT2D eigenvalue weighted by atomic mass is 32.1. The third kappa shape index (κ3) is 4.32. The van der Waals surface area contributed by atoms with Crippen LogP contribution in [0, 0.1) is 6.92 Å². The van der Waals surface area contributed by atoms with Crippen LogP contribution in [0.4, 0.5) is 0 Å². The second kappa shape index (κ2) is 8.91. The summed E-state index contributed by atoms with van der Waals surface area (Å²) in [6.07, 6.45) is 1.71. The van der Waals surface area contributed by atoms with Crippen molar-refractivity contribution < 1.29 is 19.0 Å². The summed E-state index contributed by atoms with van der Waals surface area (Å²) >= 11 is 1.32. The molecule has 0 saturated carbocycles. The zero-order valence-electron chi connectivity index (χ0n) is 17.0. The fraction of sp³-hybridized carbons (Fsp3) is 0.286. The van der Waals surface area contributed by atoms with Gasteiger partial charge in [0.2, 0.25) is 5.75 Å². The fourth-order valence-corrected chi connectivity index (χ4v) is 3.85. The molecule has 3 aromatic rings. The lowest BCUT2D eigenvalue weighted by molar-refractivity contribution is 0.0943. The van der Waals surface area contributed by atoms with Crippen LogP contribution in [-0.2, 0) is 0 Å². The molecule has 1 amide bonds. The zero-order chi connectivity index (χ0) is 21.0. The van der Waals surface area contributed by atoms with E-state index >= 15 is 0 Å². The van der Waals surface area contributed by atoms with Gasteiger partial charge in [-0.25, -0.2) is 4.98 Å². The molecule has 1 atom stereocenters. The Balaban J connectivity index is 1.84. The molecule has 29 heavy (non-hydrogen) atoms. The molecule has 0 spiro atoms. The Hall–Kier alpha value is -3.13. The average Bonchev–Trinajstić information content (AvgIpc) is 3.14. The topological polar surface area (TPSA) is 82.6 Å². The molecule has 1 aromatic carbocycles. The highest BCUT2D eigenvalue weighted by Crippen LogP contribution is 2.39. The third-order valence-electron chi connectivity index (χ3n) is 4.42. The smallest absolute Gasteiger partial charge is 0.263 e. The lowest BCUT2D eigenvalue weighted by Crippen LogP contribution is -2.26. The number of carbonyl (C=O) groups excluding carboxylic acids is 1. The van der Waals surface area contributed by atoms with Crippen molar-refractivity contribution in [1.82, 2.24) is 15.3 Å². The predicted octanol–water partition coefficient (Wildman–Crippen LogP) is 4.03. The van der Waals surface area contributed by atoms with Crippen molar-refractivity contribution in [1.29, 1.82) is 0 Å². The molecular formula is C21H23N3O4S. The largest absolute Gasteiger partial charge is 0.493 e. The molecule has 1 N–H and O–H groups in total. The Morgan fingerprint density at radius 2 is 1.79 bits per heavy atom. The lowest BCUT2D eigenvalue weighted by atomic mass is 10.1. The second-order valence-corrected chi connectivity index (χ2v) is 7.30. The van der Waals surface area contributed by atoms with Gasteiger partial charge in [0.1, 0.15) is 9.88 Å². The van der Waals surface area contributed by atoms with E-state index < -0.39 is 0 Å². The molecule has 7 nitrogen and oxygen atoms in total. The monoisotopic (exact) mass is 413 g/mol. The van der Waals surface area contributed by atoms with Crippen LogP contribution >= 0.6 is 11.3 Å². The number of thiazole rings is 1. The summed E-state index contributed by atoms with van der Waals surface area (Å²) in [6.45, 7) is 3.72. The quantitative estimate of drug-likeness (QED) is 0.630. The van der Waals surface area contributed by atoms with Gasteiger partial charge >= 0.3 is 0 Å². The van der Waals surface area contributed by atoms with E-state index in [0.29, 0.717) is 32.8 Å². The van der Waals surface area contributed by atoms with Gasteiger partial charge < -0.3 is 19.5 Å².